The summed E-state index contributed by atoms with van der Waals surface area (Å²) < 4.78 is 35.0. The molecular weight excluding hydrogens is 672 g/mol. The molecular formula is C40H41FNO6PS. The monoisotopic (exact) mass is 713 g/mol. The largest absolute Gasteiger partial charge is 0.508 e. The lowest BCUT2D eigenvalue weighted by Gasteiger charge is -2.25. The maximum Gasteiger partial charge on any atom is 0.360 e. The van der Waals surface area contributed by atoms with Gasteiger partial charge in [0.2, 0.25) is 0 Å². The van der Waals surface area contributed by atoms with Crippen LogP contribution in [0.5, 0.6) is 5.75 Å². The van der Waals surface area contributed by atoms with Crippen molar-refractivity contribution in [1.82, 2.24) is 0 Å². The van der Waals surface area contributed by atoms with E-state index in [2.05, 4.69) is 12.1 Å². The third-order valence-electron chi connectivity index (χ3n) is 8.00. The number of hydrogen-bond donors (Lipinski definition) is 1. The van der Waals surface area contributed by atoms with Crippen molar-refractivity contribution in [3.63, 3.8) is 0 Å². The maximum absolute atomic E-state index is 12.8. The van der Waals surface area contributed by atoms with Crippen molar-refractivity contribution >= 4 is 41.4 Å². The fraction of sp³-hybridized carbons (Fsp3) is 0.200. The van der Waals surface area contributed by atoms with Gasteiger partial charge in [-0.05, 0) is 76.9 Å². The number of Topliss-reactive ketones (excluding diaryl/α,β-unsaturated/α-hetero) is 1. The van der Waals surface area contributed by atoms with E-state index in [1.807, 2.05) is 80.6 Å². The first kappa shape index (κ1) is 38.3. The number of rotatable bonds is 9. The highest BCUT2D eigenvalue weighted by atomic mass is 32.2. The number of carbonyl (C=O) groups is 2. The van der Waals surface area contributed by atoms with E-state index in [1.165, 1.54) is 50.2 Å². The smallest absolute Gasteiger partial charge is 0.360 e. The molecule has 0 spiro atoms. The SMILES string of the molecule is CC.CCC(=O)c1ccc(F)cc1.COP(=O)(OC)c1ccc(-c2ccc(C3CSC(=O)N3c3ccc(-c4ccccc4)cc3)c(O)c2)cc1. The Morgan fingerprint density at radius 3 is 1.92 bits per heavy atom. The molecule has 1 fully saturated rings. The number of nitrogens with zero attached hydrogens (tertiary/aromatic N) is 1. The van der Waals surface area contributed by atoms with Crippen molar-refractivity contribution in [1.29, 1.82) is 0 Å². The summed E-state index contributed by atoms with van der Waals surface area (Å²) in [5.74, 6) is 0.402. The Hall–Kier alpha value is -4.53. The Morgan fingerprint density at radius 2 is 1.36 bits per heavy atom. The molecule has 7 nitrogen and oxygen atoms in total. The summed E-state index contributed by atoms with van der Waals surface area (Å²) in [7, 11) is -0.631. The van der Waals surface area contributed by atoms with Crippen LogP contribution in [0.4, 0.5) is 14.9 Å². The average Bonchev–Trinajstić information content (AvgIpc) is 3.56. The molecule has 0 radical (unpaired) electrons. The normalized spacial score (nSPS) is 13.9. The minimum atomic E-state index is -3.33. The van der Waals surface area contributed by atoms with E-state index in [4.69, 9.17) is 9.05 Å². The first-order valence-electron chi connectivity index (χ1n) is 16.2. The number of hydrogen-bond acceptors (Lipinski definition) is 7. The number of benzene rings is 5. The Bertz CT molecular complexity index is 1910. The molecule has 0 bridgehead atoms. The highest BCUT2D eigenvalue weighted by Gasteiger charge is 2.35. The summed E-state index contributed by atoms with van der Waals surface area (Å²) in [5, 5.41) is 11.4. The second-order valence-electron chi connectivity index (χ2n) is 10.8. The molecule has 5 aromatic carbocycles. The summed E-state index contributed by atoms with van der Waals surface area (Å²) in [6, 6.07) is 35.8. The van der Waals surface area contributed by atoms with Crippen LogP contribution in [0, 0.1) is 5.82 Å². The zero-order chi connectivity index (χ0) is 36.3. The molecule has 260 valence electrons. The highest BCUT2D eigenvalue weighted by molar-refractivity contribution is 8.14. The molecule has 1 atom stereocenters. The van der Waals surface area contributed by atoms with Crippen LogP contribution < -0.4 is 10.2 Å². The lowest BCUT2D eigenvalue weighted by Crippen LogP contribution is -2.26. The van der Waals surface area contributed by atoms with E-state index >= 15 is 0 Å². The van der Waals surface area contributed by atoms with Crippen LogP contribution in [0.25, 0.3) is 22.3 Å². The Balaban J connectivity index is 0.000000366. The topological polar surface area (TPSA) is 93.1 Å². The molecule has 1 N–H and O–H groups in total. The lowest BCUT2D eigenvalue weighted by molar-refractivity contribution is 0.0988. The van der Waals surface area contributed by atoms with Crippen LogP contribution in [-0.2, 0) is 13.6 Å². The fourth-order valence-electron chi connectivity index (χ4n) is 5.35. The van der Waals surface area contributed by atoms with Gasteiger partial charge < -0.3 is 14.2 Å². The van der Waals surface area contributed by atoms with Crippen molar-refractivity contribution in [3.8, 4) is 28.0 Å². The number of carbonyl (C=O) groups excluding carboxylic acids is 2. The quantitative estimate of drug-likeness (QED) is 0.120. The number of phenols is 1. The van der Waals surface area contributed by atoms with Crippen LogP contribution in [0.2, 0.25) is 0 Å². The Labute approximate surface area is 297 Å². The molecule has 0 aromatic heterocycles. The molecule has 1 aliphatic rings. The van der Waals surface area contributed by atoms with Crippen LogP contribution in [0.1, 0.15) is 49.2 Å². The Kier molecular flexibility index (Phi) is 13.7. The first-order valence-corrected chi connectivity index (χ1v) is 18.8. The van der Waals surface area contributed by atoms with Gasteiger partial charge in [0.15, 0.2) is 5.78 Å². The fourth-order valence-corrected chi connectivity index (χ4v) is 7.43. The molecule has 0 aliphatic carbocycles. The summed E-state index contributed by atoms with van der Waals surface area (Å²) in [6.07, 6.45) is 0.464. The molecule has 5 aromatic rings. The van der Waals surface area contributed by atoms with Gasteiger partial charge in [-0.15, -0.1) is 0 Å². The number of thioether (sulfide) groups is 1. The van der Waals surface area contributed by atoms with E-state index in [0.717, 1.165) is 27.9 Å². The van der Waals surface area contributed by atoms with Gasteiger partial charge in [-0.2, -0.15) is 0 Å². The summed E-state index contributed by atoms with van der Waals surface area (Å²) in [6.45, 7) is 5.78. The van der Waals surface area contributed by atoms with Gasteiger partial charge in [0.25, 0.3) is 5.24 Å². The van der Waals surface area contributed by atoms with Gasteiger partial charge in [0.1, 0.15) is 11.6 Å². The number of halogens is 1. The molecule has 6 rings (SSSR count). The maximum atomic E-state index is 12.8. The van der Waals surface area contributed by atoms with E-state index < -0.39 is 7.60 Å². The van der Waals surface area contributed by atoms with Gasteiger partial charge in [-0.25, -0.2) is 4.39 Å². The first-order chi connectivity index (χ1) is 24.2. The minimum absolute atomic E-state index is 0.0442. The summed E-state index contributed by atoms with van der Waals surface area (Å²) in [5.41, 5.74) is 5.89. The molecule has 0 saturated carbocycles. The van der Waals surface area contributed by atoms with Gasteiger partial charge in [0.05, 0.1) is 11.3 Å². The average molecular weight is 714 g/mol. The van der Waals surface area contributed by atoms with E-state index in [0.29, 0.717) is 28.6 Å². The van der Waals surface area contributed by atoms with Crippen molar-refractivity contribution in [3.05, 3.63) is 138 Å². The van der Waals surface area contributed by atoms with Crippen molar-refractivity contribution < 1.29 is 32.7 Å². The third kappa shape index (κ3) is 8.97. The molecule has 1 heterocycles. The van der Waals surface area contributed by atoms with Gasteiger partial charge in [-0.3, -0.25) is 19.1 Å². The number of phenolic OH excluding ortho intramolecular Hbond substituents is 1. The van der Waals surface area contributed by atoms with Crippen molar-refractivity contribution in [2.45, 2.75) is 33.2 Å². The van der Waals surface area contributed by atoms with Crippen LogP contribution in [0.15, 0.2) is 121 Å². The summed E-state index contributed by atoms with van der Waals surface area (Å²) in [4.78, 5) is 25.6. The van der Waals surface area contributed by atoms with Crippen LogP contribution >= 0.6 is 19.4 Å². The molecule has 10 heteroatoms. The zero-order valence-corrected chi connectivity index (χ0v) is 30.4. The predicted octanol–water partition coefficient (Wildman–Crippen LogP) is 10.7. The van der Waals surface area contributed by atoms with Crippen molar-refractivity contribution in [2.75, 3.05) is 24.9 Å². The zero-order valence-electron chi connectivity index (χ0n) is 28.7. The van der Waals surface area contributed by atoms with Crippen LogP contribution in [-0.4, -0.2) is 36.1 Å². The van der Waals surface area contributed by atoms with Gasteiger partial charge in [0, 0.05) is 43.2 Å². The standard InChI is InChI=1S/C29H26NO5PS.C9H9FO.C2H6/c1-34-36(33,35-2)25-15-10-22(11-16-25)23-12-17-26(28(31)18-23)27-19-37-29(32)30(27)24-13-8-21(9-14-24)20-6-4-3-5-7-20;1-2-9(11)7-3-5-8(10)6-4-7;1-2/h3-18,27,31H,19H2,1-2H3;3-6H,2H2,1H3;1-2H3. The highest BCUT2D eigenvalue weighted by Crippen LogP contribution is 2.46. The molecule has 1 unspecified atom stereocenters. The number of ketones is 1. The number of anilines is 1. The number of amides is 1. The van der Waals surface area contributed by atoms with E-state index in [9.17, 15) is 23.7 Å². The lowest BCUT2D eigenvalue weighted by atomic mass is 9.99. The van der Waals surface area contributed by atoms with Gasteiger partial charge >= 0.3 is 7.60 Å². The Morgan fingerprint density at radius 1 is 0.820 bits per heavy atom. The van der Waals surface area contributed by atoms with Crippen molar-refractivity contribution in [2.24, 2.45) is 0 Å². The second-order valence-corrected chi connectivity index (χ2v) is 14.1. The molecule has 1 amide bonds. The molecule has 1 saturated heterocycles. The molecule has 1 aliphatic heterocycles. The second kappa shape index (κ2) is 17.9. The predicted molar refractivity (Wildman–Crippen MR) is 202 cm³/mol. The number of aromatic hydroxyl groups is 1. The molecule has 50 heavy (non-hydrogen) atoms. The minimum Gasteiger partial charge on any atom is -0.508 e. The van der Waals surface area contributed by atoms with Crippen LogP contribution in [0.3, 0.4) is 0 Å². The third-order valence-corrected chi connectivity index (χ3v) is 10.8. The van der Waals surface area contributed by atoms with E-state index in [1.54, 1.807) is 30.0 Å². The van der Waals surface area contributed by atoms with E-state index in [-0.39, 0.29) is 28.6 Å². The summed E-state index contributed by atoms with van der Waals surface area (Å²) >= 11 is 1.25. The van der Waals surface area contributed by atoms with Gasteiger partial charge in [-0.1, -0.05) is 99.3 Å².